The van der Waals surface area contributed by atoms with Crippen molar-refractivity contribution < 1.29 is 29.3 Å². The Morgan fingerprint density at radius 2 is 1.92 bits per heavy atom. The standard InChI is InChI=1S/C30H26N2O6S/c1-14-9-15(2)25-23(10-14)39-30(31-25)32-26(17-5-7-20(33)22(13-17)37-4)24(28(35)29(32)36)27(34)18-6-8-21-19(12-18)11-16(3)38-21/h5-10,12-13,16,26,33-34H,11H2,1-4H3/t16-,26+/m1/s1. The van der Waals surface area contributed by atoms with E-state index in [0.29, 0.717) is 22.7 Å². The van der Waals surface area contributed by atoms with E-state index in [4.69, 9.17) is 14.5 Å². The molecule has 39 heavy (non-hydrogen) atoms. The van der Waals surface area contributed by atoms with Crippen LogP contribution < -0.4 is 14.4 Å². The molecule has 1 aromatic heterocycles. The Hall–Kier alpha value is -4.37. The molecule has 3 heterocycles. The number of hydrogen-bond donors (Lipinski definition) is 2. The van der Waals surface area contributed by atoms with Gasteiger partial charge in [-0.05, 0) is 79.4 Å². The zero-order chi connectivity index (χ0) is 27.6. The number of ether oxygens (including phenoxy) is 2. The molecule has 6 rings (SSSR count). The predicted octanol–water partition coefficient (Wildman–Crippen LogP) is 5.58. The molecule has 0 spiro atoms. The van der Waals surface area contributed by atoms with Crippen molar-refractivity contribution in [3.05, 3.63) is 81.9 Å². The van der Waals surface area contributed by atoms with Crippen LogP contribution in [0.15, 0.2) is 54.1 Å². The molecule has 198 valence electrons. The predicted molar refractivity (Wildman–Crippen MR) is 149 cm³/mol. The van der Waals surface area contributed by atoms with Crippen LogP contribution in [-0.2, 0) is 16.0 Å². The van der Waals surface area contributed by atoms with Gasteiger partial charge in [0.05, 0.1) is 28.9 Å². The van der Waals surface area contributed by atoms with E-state index in [1.165, 1.54) is 29.4 Å². The van der Waals surface area contributed by atoms with Crippen LogP contribution in [-0.4, -0.2) is 40.1 Å². The number of amides is 1. The second kappa shape index (κ2) is 9.13. The molecule has 0 aliphatic carbocycles. The highest BCUT2D eigenvalue weighted by atomic mass is 32.1. The highest BCUT2D eigenvalue weighted by Crippen LogP contribution is 2.46. The Balaban J connectivity index is 1.56. The van der Waals surface area contributed by atoms with E-state index in [-0.39, 0.29) is 28.9 Å². The number of thiazole rings is 1. The maximum absolute atomic E-state index is 13.6. The molecule has 9 heteroatoms. The number of phenols is 1. The van der Waals surface area contributed by atoms with Gasteiger partial charge in [-0.3, -0.25) is 14.5 Å². The number of aliphatic hydroxyl groups excluding tert-OH is 1. The minimum absolute atomic E-state index is 0.0126. The summed E-state index contributed by atoms with van der Waals surface area (Å²) in [6.07, 6.45) is 0.687. The number of fused-ring (bicyclic) bond motifs is 2. The average Bonchev–Trinajstić information content (AvgIpc) is 3.56. The first-order chi connectivity index (χ1) is 18.7. The van der Waals surface area contributed by atoms with Crippen LogP contribution in [0.2, 0.25) is 0 Å². The van der Waals surface area contributed by atoms with Crippen LogP contribution in [0, 0.1) is 13.8 Å². The third kappa shape index (κ3) is 4.01. The molecule has 0 bridgehead atoms. The van der Waals surface area contributed by atoms with Gasteiger partial charge in [0, 0.05) is 12.0 Å². The number of ketones is 1. The lowest BCUT2D eigenvalue weighted by Gasteiger charge is -2.23. The molecule has 2 aliphatic heterocycles. The summed E-state index contributed by atoms with van der Waals surface area (Å²) in [5.41, 5.74) is 4.52. The van der Waals surface area contributed by atoms with E-state index >= 15 is 0 Å². The van der Waals surface area contributed by atoms with Gasteiger partial charge in [-0.15, -0.1) is 0 Å². The Bertz CT molecular complexity index is 1720. The van der Waals surface area contributed by atoms with E-state index < -0.39 is 17.7 Å². The lowest BCUT2D eigenvalue weighted by molar-refractivity contribution is -0.132. The zero-order valence-corrected chi connectivity index (χ0v) is 22.6. The first kappa shape index (κ1) is 24.9. The van der Waals surface area contributed by atoms with Crippen LogP contribution in [0.3, 0.4) is 0 Å². The number of anilines is 1. The highest BCUT2D eigenvalue weighted by molar-refractivity contribution is 7.22. The van der Waals surface area contributed by atoms with Crippen LogP contribution in [0.25, 0.3) is 16.0 Å². The van der Waals surface area contributed by atoms with Crippen molar-refractivity contribution in [1.82, 2.24) is 4.98 Å². The second-order valence-electron chi connectivity index (χ2n) is 9.98. The lowest BCUT2D eigenvalue weighted by atomic mass is 9.94. The molecule has 8 nitrogen and oxygen atoms in total. The van der Waals surface area contributed by atoms with Gasteiger partial charge in [0.1, 0.15) is 17.6 Å². The fraction of sp³-hybridized carbons (Fsp3) is 0.233. The molecule has 0 unspecified atom stereocenters. The number of benzene rings is 3. The number of aromatic hydroxyl groups is 1. The minimum atomic E-state index is -0.995. The smallest absolute Gasteiger partial charge is 0.301 e. The SMILES string of the molecule is COc1cc([C@H]2C(=C(O)c3ccc4c(c3)C[C@@H](C)O4)C(=O)C(=O)N2c2nc3c(C)cc(C)cc3s2)ccc1O. The van der Waals surface area contributed by atoms with Gasteiger partial charge in [-0.2, -0.15) is 0 Å². The largest absolute Gasteiger partial charge is 0.507 e. The van der Waals surface area contributed by atoms with E-state index in [0.717, 1.165) is 32.7 Å². The van der Waals surface area contributed by atoms with Crippen LogP contribution >= 0.6 is 11.3 Å². The molecule has 4 aromatic rings. The summed E-state index contributed by atoms with van der Waals surface area (Å²) in [6.45, 7) is 5.90. The van der Waals surface area contributed by atoms with Crippen molar-refractivity contribution in [1.29, 1.82) is 0 Å². The number of aliphatic hydroxyl groups is 1. The lowest BCUT2D eigenvalue weighted by Crippen LogP contribution is -2.29. The molecular formula is C30H26N2O6S. The summed E-state index contributed by atoms with van der Waals surface area (Å²) in [5, 5.41) is 22.1. The fourth-order valence-electron chi connectivity index (χ4n) is 5.40. The molecule has 1 saturated heterocycles. The number of Topliss-reactive ketones (excluding diaryl/α,β-unsaturated/α-hetero) is 1. The van der Waals surface area contributed by atoms with Gasteiger partial charge in [0.2, 0.25) is 0 Å². The number of phenolic OH excluding ortho intramolecular Hbond substituents is 1. The normalized spacial score (nSPS) is 19.9. The molecule has 3 aromatic carbocycles. The van der Waals surface area contributed by atoms with Crippen LogP contribution in [0.1, 0.15) is 40.8 Å². The summed E-state index contributed by atoms with van der Waals surface area (Å²) >= 11 is 1.31. The molecule has 2 atom stereocenters. The topological polar surface area (TPSA) is 109 Å². The van der Waals surface area contributed by atoms with Gasteiger partial charge in [0.25, 0.3) is 5.78 Å². The van der Waals surface area contributed by atoms with Crippen molar-refractivity contribution in [2.75, 3.05) is 12.0 Å². The number of aromatic nitrogens is 1. The van der Waals surface area contributed by atoms with Crippen molar-refractivity contribution in [2.24, 2.45) is 0 Å². The van der Waals surface area contributed by atoms with Gasteiger partial charge < -0.3 is 19.7 Å². The summed E-state index contributed by atoms with van der Waals surface area (Å²) in [4.78, 5) is 33.3. The summed E-state index contributed by atoms with van der Waals surface area (Å²) in [7, 11) is 1.42. The van der Waals surface area contributed by atoms with Gasteiger partial charge in [-0.25, -0.2) is 4.98 Å². The maximum Gasteiger partial charge on any atom is 0.301 e. The number of rotatable bonds is 4. The number of carbonyl (C=O) groups excluding carboxylic acids is 2. The third-order valence-electron chi connectivity index (χ3n) is 7.16. The highest BCUT2D eigenvalue weighted by Gasteiger charge is 2.48. The first-order valence-electron chi connectivity index (χ1n) is 12.5. The van der Waals surface area contributed by atoms with Crippen LogP contribution in [0.5, 0.6) is 17.2 Å². The van der Waals surface area contributed by atoms with E-state index in [2.05, 4.69) is 0 Å². The number of hydrogen-bond acceptors (Lipinski definition) is 8. The van der Waals surface area contributed by atoms with E-state index in [1.807, 2.05) is 32.9 Å². The molecule has 0 radical (unpaired) electrons. The number of methoxy groups -OCH3 is 1. The van der Waals surface area contributed by atoms with Gasteiger partial charge in [0.15, 0.2) is 16.6 Å². The molecule has 0 saturated carbocycles. The van der Waals surface area contributed by atoms with E-state index in [1.54, 1.807) is 30.3 Å². The summed E-state index contributed by atoms with van der Waals surface area (Å²) in [5.74, 6) is -1.07. The number of nitrogens with zero attached hydrogens (tertiary/aromatic N) is 2. The Kier molecular flexibility index (Phi) is 5.84. The minimum Gasteiger partial charge on any atom is -0.507 e. The zero-order valence-electron chi connectivity index (χ0n) is 21.8. The molecule has 1 amide bonds. The Morgan fingerprint density at radius 1 is 1.13 bits per heavy atom. The summed E-state index contributed by atoms with van der Waals surface area (Å²) < 4.78 is 12.0. The molecular weight excluding hydrogens is 516 g/mol. The average molecular weight is 543 g/mol. The molecule has 2 aliphatic rings. The monoisotopic (exact) mass is 542 g/mol. The Morgan fingerprint density at radius 3 is 2.69 bits per heavy atom. The van der Waals surface area contributed by atoms with Gasteiger partial charge in [-0.1, -0.05) is 23.5 Å². The van der Waals surface area contributed by atoms with Crippen LogP contribution in [0.4, 0.5) is 5.13 Å². The number of carbonyl (C=O) groups is 2. The first-order valence-corrected chi connectivity index (χ1v) is 13.3. The van der Waals surface area contributed by atoms with Crippen molar-refractivity contribution >= 4 is 44.1 Å². The molecule has 2 N–H and O–H groups in total. The van der Waals surface area contributed by atoms with Crippen molar-refractivity contribution in [3.8, 4) is 17.2 Å². The maximum atomic E-state index is 13.6. The summed E-state index contributed by atoms with van der Waals surface area (Å²) in [6, 6.07) is 12.9. The van der Waals surface area contributed by atoms with Crippen molar-refractivity contribution in [2.45, 2.75) is 39.3 Å². The second-order valence-corrected chi connectivity index (χ2v) is 11.0. The van der Waals surface area contributed by atoms with E-state index in [9.17, 15) is 19.8 Å². The third-order valence-corrected chi connectivity index (χ3v) is 8.16. The van der Waals surface area contributed by atoms with Gasteiger partial charge >= 0.3 is 5.91 Å². The quantitative estimate of drug-likeness (QED) is 0.197. The van der Waals surface area contributed by atoms with Crippen molar-refractivity contribution in [3.63, 3.8) is 0 Å². The number of aryl methyl sites for hydroxylation is 2. The molecule has 1 fully saturated rings. The Labute approximate surface area is 228 Å². The fourth-order valence-corrected chi connectivity index (χ4v) is 6.56.